The second-order valence-corrected chi connectivity index (χ2v) is 3.97. The Morgan fingerprint density at radius 2 is 1.60 bits per heavy atom. The van der Waals surface area contributed by atoms with Crippen LogP contribution in [0.3, 0.4) is 0 Å². The van der Waals surface area contributed by atoms with Crippen molar-refractivity contribution in [3.63, 3.8) is 0 Å². The lowest BCUT2D eigenvalue weighted by molar-refractivity contribution is 0.313. The first-order valence-electron chi connectivity index (χ1n) is 5.11. The molecule has 2 heterocycles. The molecule has 0 bridgehead atoms. The number of aromatic nitrogens is 1. The summed E-state index contributed by atoms with van der Waals surface area (Å²) in [7, 11) is 2.13. The zero-order valence-corrected chi connectivity index (χ0v) is 8.98. The third kappa shape index (κ3) is 2.30. The number of nitrogen functional groups attached to an aromatic ring is 2. The van der Waals surface area contributed by atoms with Gasteiger partial charge in [0, 0.05) is 44.0 Å². The molecule has 0 amide bonds. The van der Waals surface area contributed by atoms with Gasteiger partial charge in [0.15, 0.2) is 0 Å². The Kier molecular flexibility index (Phi) is 2.64. The number of pyridine rings is 1. The molecular formula is C10H17N5. The minimum atomic E-state index is 0.490. The van der Waals surface area contributed by atoms with Crippen LogP contribution in [0.5, 0.6) is 0 Å². The summed E-state index contributed by atoms with van der Waals surface area (Å²) in [6.45, 7) is 4.17. The molecule has 1 aromatic heterocycles. The van der Waals surface area contributed by atoms with Crippen LogP contribution >= 0.6 is 0 Å². The quantitative estimate of drug-likeness (QED) is 0.678. The first kappa shape index (κ1) is 10.0. The van der Waals surface area contributed by atoms with Crippen LogP contribution in [0.4, 0.5) is 17.3 Å². The molecule has 1 fully saturated rings. The van der Waals surface area contributed by atoms with E-state index in [9.17, 15) is 0 Å². The fourth-order valence-electron chi connectivity index (χ4n) is 1.81. The lowest BCUT2D eigenvalue weighted by atomic mass is 10.2. The molecule has 1 saturated heterocycles. The number of hydrogen-bond acceptors (Lipinski definition) is 5. The summed E-state index contributed by atoms with van der Waals surface area (Å²) in [5.41, 5.74) is 12.4. The Labute approximate surface area is 89.7 Å². The minimum Gasteiger partial charge on any atom is -0.384 e. The number of rotatable bonds is 1. The van der Waals surface area contributed by atoms with Gasteiger partial charge in [-0.1, -0.05) is 0 Å². The highest BCUT2D eigenvalue weighted by atomic mass is 15.2. The largest absolute Gasteiger partial charge is 0.384 e. The van der Waals surface area contributed by atoms with Crippen LogP contribution in [-0.4, -0.2) is 43.1 Å². The summed E-state index contributed by atoms with van der Waals surface area (Å²) in [5.74, 6) is 0.979. The van der Waals surface area contributed by atoms with Crippen LogP contribution in [0, 0.1) is 0 Å². The summed E-state index contributed by atoms with van der Waals surface area (Å²) in [5, 5.41) is 0. The number of hydrogen-bond donors (Lipinski definition) is 2. The first-order valence-corrected chi connectivity index (χ1v) is 5.11. The van der Waals surface area contributed by atoms with Crippen molar-refractivity contribution in [3.05, 3.63) is 12.1 Å². The summed E-state index contributed by atoms with van der Waals surface area (Å²) >= 11 is 0. The van der Waals surface area contributed by atoms with Crippen molar-refractivity contribution in [2.24, 2.45) is 0 Å². The monoisotopic (exact) mass is 207 g/mol. The second-order valence-electron chi connectivity index (χ2n) is 3.97. The second kappa shape index (κ2) is 3.94. The Morgan fingerprint density at radius 1 is 1.07 bits per heavy atom. The van der Waals surface area contributed by atoms with E-state index >= 15 is 0 Å². The molecule has 2 rings (SSSR count). The predicted octanol–water partition coefficient (Wildman–Crippen LogP) is -0.00220. The van der Waals surface area contributed by atoms with Crippen molar-refractivity contribution >= 4 is 17.3 Å². The lowest BCUT2D eigenvalue weighted by Crippen LogP contribution is -2.44. The maximum Gasteiger partial charge on any atom is 0.127 e. The van der Waals surface area contributed by atoms with Gasteiger partial charge in [-0.2, -0.15) is 0 Å². The first-order chi connectivity index (χ1) is 7.15. The van der Waals surface area contributed by atoms with Crippen LogP contribution in [0.25, 0.3) is 0 Å². The molecule has 0 aromatic carbocycles. The van der Waals surface area contributed by atoms with Crippen molar-refractivity contribution in [1.82, 2.24) is 9.88 Å². The topological polar surface area (TPSA) is 71.4 Å². The van der Waals surface area contributed by atoms with Crippen LogP contribution in [0.15, 0.2) is 12.1 Å². The Balaban J connectivity index is 2.15. The van der Waals surface area contributed by atoms with E-state index in [4.69, 9.17) is 11.5 Å². The molecule has 0 atom stereocenters. The van der Waals surface area contributed by atoms with Gasteiger partial charge in [0.25, 0.3) is 0 Å². The third-order valence-corrected chi connectivity index (χ3v) is 2.72. The molecule has 0 radical (unpaired) electrons. The zero-order valence-electron chi connectivity index (χ0n) is 8.98. The summed E-state index contributed by atoms with van der Waals surface area (Å²) in [6, 6.07) is 3.75. The summed E-state index contributed by atoms with van der Waals surface area (Å²) in [6.07, 6.45) is 0. The number of anilines is 3. The molecule has 0 spiro atoms. The predicted molar refractivity (Wildman–Crippen MR) is 62.8 cm³/mol. The van der Waals surface area contributed by atoms with Crippen molar-refractivity contribution in [3.8, 4) is 0 Å². The normalized spacial score (nSPS) is 18.1. The van der Waals surface area contributed by atoms with Gasteiger partial charge in [-0.3, -0.25) is 0 Å². The van der Waals surface area contributed by atoms with Gasteiger partial charge in [-0.15, -0.1) is 0 Å². The van der Waals surface area contributed by atoms with Gasteiger partial charge in [0.2, 0.25) is 0 Å². The molecule has 0 saturated carbocycles. The molecular weight excluding hydrogens is 190 g/mol. The lowest BCUT2D eigenvalue weighted by Gasteiger charge is -2.34. The van der Waals surface area contributed by atoms with E-state index in [-0.39, 0.29) is 0 Å². The van der Waals surface area contributed by atoms with Crippen LogP contribution in [-0.2, 0) is 0 Å². The molecule has 82 valence electrons. The van der Waals surface area contributed by atoms with E-state index in [0.717, 1.165) is 31.9 Å². The molecule has 15 heavy (non-hydrogen) atoms. The Hall–Kier alpha value is -1.49. The van der Waals surface area contributed by atoms with Gasteiger partial charge in [-0.05, 0) is 7.05 Å². The van der Waals surface area contributed by atoms with E-state index < -0.39 is 0 Å². The molecule has 0 aliphatic carbocycles. The fourth-order valence-corrected chi connectivity index (χ4v) is 1.81. The fraction of sp³-hybridized carbons (Fsp3) is 0.500. The standard InChI is InChI=1S/C10H17N5/c1-14-2-4-15(5-3-14)8-6-9(11)13-10(12)7-8/h6-7H,2-5H2,1H3,(H4,11,12,13). The summed E-state index contributed by atoms with van der Waals surface area (Å²) < 4.78 is 0. The number of piperazine rings is 1. The van der Waals surface area contributed by atoms with Crippen molar-refractivity contribution in [2.45, 2.75) is 0 Å². The minimum absolute atomic E-state index is 0.490. The van der Waals surface area contributed by atoms with Crippen LogP contribution in [0.2, 0.25) is 0 Å². The Bertz CT molecular complexity index is 323. The molecule has 1 aromatic rings. The molecule has 4 N–H and O–H groups in total. The van der Waals surface area contributed by atoms with Gasteiger partial charge in [0.1, 0.15) is 11.6 Å². The van der Waals surface area contributed by atoms with Gasteiger partial charge < -0.3 is 21.3 Å². The van der Waals surface area contributed by atoms with Gasteiger partial charge >= 0.3 is 0 Å². The van der Waals surface area contributed by atoms with E-state index in [0.29, 0.717) is 11.6 Å². The number of nitrogens with zero attached hydrogens (tertiary/aromatic N) is 3. The van der Waals surface area contributed by atoms with Crippen molar-refractivity contribution < 1.29 is 0 Å². The number of likely N-dealkylation sites (N-methyl/N-ethyl adjacent to an activating group) is 1. The van der Waals surface area contributed by atoms with E-state index in [2.05, 4.69) is 21.8 Å². The highest BCUT2D eigenvalue weighted by Crippen LogP contribution is 2.20. The Morgan fingerprint density at radius 3 is 2.13 bits per heavy atom. The summed E-state index contributed by atoms with van der Waals surface area (Å²) in [4.78, 5) is 8.56. The SMILES string of the molecule is CN1CCN(c2cc(N)nc(N)c2)CC1. The average Bonchev–Trinajstić information content (AvgIpc) is 2.17. The van der Waals surface area contributed by atoms with E-state index in [1.807, 2.05) is 12.1 Å². The van der Waals surface area contributed by atoms with Gasteiger partial charge in [-0.25, -0.2) is 4.98 Å². The van der Waals surface area contributed by atoms with Crippen molar-refractivity contribution in [1.29, 1.82) is 0 Å². The maximum atomic E-state index is 5.67. The van der Waals surface area contributed by atoms with Crippen LogP contribution in [0.1, 0.15) is 0 Å². The van der Waals surface area contributed by atoms with E-state index in [1.54, 1.807) is 0 Å². The highest BCUT2D eigenvalue weighted by molar-refractivity contribution is 5.59. The van der Waals surface area contributed by atoms with Crippen LogP contribution < -0.4 is 16.4 Å². The third-order valence-electron chi connectivity index (χ3n) is 2.72. The maximum absolute atomic E-state index is 5.67. The average molecular weight is 207 g/mol. The number of nitrogens with two attached hydrogens (primary N) is 2. The van der Waals surface area contributed by atoms with E-state index in [1.165, 1.54) is 0 Å². The molecule has 1 aliphatic heterocycles. The zero-order chi connectivity index (χ0) is 10.8. The molecule has 5 heteroatoms. The smallest absolute Gasteiger partial charge is 0.127 e. The molecule has 1 aliphatic rings. The molecule has 0 unspecified atom stereocenters. The molecule has 5 nitrogen and oxygen atoms in total. The van der Waals surface area contributed by atoms with Crippen molar-refractivity contribution in [2.75, 3.05) is 49.6 Å². The van der Waals surface area contributed by atoms with Gasteiger partial charge in [0.05, 0.1) is 0 Å². The highest BCUT2D eigenvalue weighted by Gasteiger charge is 2.14.